The van der Waals surface area contributed by atoms with Crippen LogP contribution in [-0.4, -0.2) is 57.8 Å². The molecule has 0 spiro atoms. The maximum atomic E-state index is 10.7. The molecular weight excluding hydrogens is 475 g/mol. The van der Waals surface area contributed by atoms with Crippen LogP contribution in [0.4, 0.5) is 0 Å². The van der Waals surface area contributed by atoms with Gasteiger partial charge in [-0.2, -0.15) is 0 Å². The van der Waals surface area contributed by atoms with Crippen LogP contribution >= 0.6 is 22.6 Å². The van der Waals surface area contributed by atoms with Crippen molar-refractivity contribution in [3.8, 4) is 17.6 Å². The monoisotopic (exact) mass is 510 g/mol. The number of rotatable bonds is 5. The standard InChI is InChI=1S/C24H35IN2O2/c1-3-27(4-2)21-9-14-26(15-10-21)18-20-16-19(17-22(25)23(20)28)8-13-24(29)11-6-5-7-12-24/h16-17,21,28-29H,3-7,9-12,14-15,18H2,1-2H3. The van der Waals surface area contributed by atoms with E-state index in [1.165, 1.54) is 19.3 Å². The molecule has 0 atom stereocenters. The van der Waals surface area contributed by atoms with Crippen molar-refractivity contribution >= 4 is 22.6 Å². The molecule has 0 bridgehead atoms. The molecule has 1 aromatic carbocycles. The third kappa shape index (κ3) is 6.10. The van der Waals surface area contributed by atoms with E-state index >= 15 is 0 Å². The van der Waals surface area contributed by atoms with E-state index in [2.05, 4.69) is 58.1 Å². The van der Waals surface area contributed by atoms with Crippen molar-refractivity contribution in [1.29, 1.82) is 0 Å². The van der Waals surface area contributed by atoms with Gasteiger partial charge in [0.1, 0.15) is 11.4 Å². The topological polar surface area (TPSA) is 46.9 Å². The number of phenolic OH excluding ortho intramolecular Hbond substituents is 1. The first-order valence-corrected chi connectivity index (χ1v) is 12.3. The molecule has 0 amide bonds. The Hall–Kier alpha value is -0.810. The van der Waals surface area contributed by atoms with E-state index in [-0.39, 0.29) is 0 Å². The second-order valence-electron chi connectivity index (χ2n) is 8.54. The van der Waals surface area contributed by atoms with Crippen LogP contribution in [0, 0.1) is 15.4 Å². The molecular formula is C24H35IN2O2. The van der Waals surface area contributed by atoms with Crippen molar-refractivity contribution in [3.63, 3.8) is 0 Å². The summed E-state index contributed by atoms with van der Waals surface area (Å²) >= 11 is 2.18. The van der Waals surface area contributed by atoms with Crippen molar-refractivity contribution in [2.45, 2.75) is 77.0 Å². The first-order chi connectivity index (χ1) is 13.9. The third-order valence-corrected chi connectivity index (χ3v) is 7.36. The summed E-state index contributed by atoms with van der Waals surface area (Å²) in [5, 5.41) is 21.3. The lowest BCUT2D eigenvalue weighted by atomic mass is 9.85. The second kappa shape index (κ2) is 10.5. The van der Waals surface area contributed by atoms with Gasteiger partial charge in [0, 0.05) is 23.7 Å². The van der Waals surface area contributed by atoms with E-state index in [1.807, 2.05) is 12.1 Å². The fraction of sp³-hybridized carbons (Fsp3) is 0.667. The van der Waals surface area contributed by atoms with Gasteiger partial charge in [0.25, 0.3) is 0 Å². The summed E-state index contributed by atoms with van der Waals surface area (Å²) in [4.78, 5) is 5.00. The van der Waals surface area contributed by atoms with Crippen LogP contribution in [0.1, 0.15) is 69.9 Å². The summed E-state index contributed by atoms with van der Waals surface area (Å²) < 4.78 is 0.832. The zero-order valence-corrected chi connectivity index (χ0v) is 20.0. The first kappa shape index (κ1) is 22.9. The van der Waals surface area contributed by atoms with Crippen LogP contribution < -0.4 is 0 Å². The largest absolute Gasteiger partial charge is 0.507 e. The van der Waals surface area contributed by atoms with Crippen molar-refractivity contribution < 1.29 is 10.2 Å². The van der Waals surface area contributed by atoms with Gasteiger partial charge in [-0.05, 0) is 99.4 Å². The van der Waals surface area contributed by atoms with Crippen molar-refractivity contribution in [2.75, 3.05) is 26.2 Å². The number of piperidine rings is 1. The number of likely N-dealkylation sites (tertiary alicyclic amines) is 1. The lowest BCUT2D eigenvalue weighted by Gasteiger charge is -2.37. The molecule has 29 heavy (non-hydrogen) atoms. The highest BCUT2D eigenvalue weighted by Crippen LogP contribution is 2.30. The molecule has 0 radical (unpaired) electrons. The van der Waals surface area contributed by atoms with Crippen LogP contribution in [0.3, 0.4) is 0 Å². The number of nitrogens with zero attached hydrogens (tertiary/aromatic N) is 2. The highest BCUT2D eigenvalue weighted by atomic mass is 127. The van der Waals surface area contributed by atoms with E-state index in [0.29, 0.717) is 11.8 Å². The molecule has 1 heterocycles. The minimum absolute atomic E-state index is 0.374. The number of phenols is 1. The number of aliphatic hydroxyl groups is 1. The molecule has 1 saturated carbocycles. The maximum absolute atomic E-state index is 10.7. The SMILES string of the molecule is CCN(CC)C1CCN(Cc2cc(C#CC3(O)CCCCC3)cc(I)c2O)CC1. The summed E-state index contributed by atoms with van der Waals surface area (Å²) in [5.74, 6) is 6.69. The average molecular weight is 510 g/mol. The van der Waals surface area contributed by atoms with Crippen molar-refractivity contribution in [3.05, 3.63) is 26.8 Å². The molecule has 0 aromatic heterocycles. The van der Waals surface area contributed by atoms with Crippen LogP contribution in [0.25, 0.3) is 0 Å². The van der Waals surface area contributed by atoms with Gasteiger partial charge in [0.2, 0.25) is 0 Å². The Balaban J connectivity index is 1.67. The Morgan fingerprint density at radius 1 is 1.14 bits per heavy atom. The fourth-order valence-corrected chi connectivity index (χ4v) is 5.40. The molecule has 4 nitrogen and oxygen atoms in total. The molecule has 0 unspecified atom stereocenters. The summed E-state index contributed by atoms with van der Waals surface area (Å²) in [6.45, 7) is 9.60. The summed E-state index contributed by atoms with van der Waals surface area (Å²) in [5.41, 5.74) is 0.992. The zero-order valence-electron chi connectivity index (χ0n) is 17.9. The summed E-state index contributed by atoms with van der Waals surface area (Å²) in [6.07, 6.45) is 7.20. The molecule has 1 aliphatic carbocycles. The van der Waals surface area contributed by atoms with Crippen molar-refractivity contribution in [1.82, 2.24) is 9.80 Å². The number of halogens is 1. The molecule has 1 aliphatic heterocycles. The van der Waals surface area contributed by atoms with Crippen LogP contribution in [-0.2, 0) is 6.54 Å². The van der Waals surface area contributed by atoms with Gasteiger partial charge in [-0.15, -0.1) is 0 Å². The summed E-state index contributed by atoms with van der Waals surface area (Å²) in [6, 6.07) is 4.61. The smallest absolute Gasteiger partial charge is 0.133 e. The molecule has 5 heteroatoms. The van der Waals surface area contributed by atoms with Crippen molar-refractivity contribution in [2.24, 2.45) is 0 Å². The normalized spacial score (nSPS) is 20.4. The van der Waals surface area contributed by atoms with E-state index < -0.39 is 5.60 Å². The Morgan fingerprint density at radius 3 is 2.41 bits per heavy atom. The van der Waals surface area contributed by atoms with Crippen LogP contribution in [0.2, 0.25) is 0 Å². The predicted molar refractivity (Wildman–Crippen MR) is 127 cm³/mol. The highest BCUT2D eigenvalue weighted by molar-refractivity contribution is 14.1. The van der Waals surface area contributed by atoms with Crippen LogP contribution in [0.5, 0.6) is 5.75 Å². The molecule has 1 aromatic rings. The predicted octanol–water partition coefficient (Wildman–Crippen LogP) is 4.35. The Labute approximate surface area is 189 Å². The number of hydrogen-bond acceptors (Lipinski definition) is 4. The number of hydrogen-bond donors (Lipinski definition) is 2. The average Bonchev–Trinajstić information content (AvgIpc) is 2.73. The lowest BCUT2D eigenvalue weighted by Crippen LogP contribution is -2.44. The number of benzene rings is 1. The van der Waals surface area contributed by atoms with E-state index in [1.54, 1.807) is 0 Å². The Morgan fingerprint density at radius 2 is 1.79 bits per heavy atom. The Kier molecular flexibility index (Phi) is 8.26. The van der Waals surface area contributed by atoms with Gasteiger partial charge in [-0.25, -0.2) is 0 Å². The molecule has 2 fully saturated rings. The summed E-state index contributed by atoms with van der Waals surface area (Å²) in [7, 11) is 0. The quantitative estimate of drug-likeness (QED) is 0.457. The minimum Gasteiger partial charge on any atom is -0.507 e. The van der Waals surface area contributed by atoms with Gasteiger partial charge >= 0.3 is 0 Å². The van der Waals surface area contributed by atoms with E-state index in [0.717, 1.165) is 73.1 Å². The highest BCUT2D eigenvalue weighted by Gasteiger charge is 2.27. The van der Waals surface area contributed by atoms with E-state index in [9.17, 15) is 10.2 Å². The Bertz CT molecular complexity index is 737. The number of aromatic hydroxyl groups is 1. The lowest BCUT2D eigenvalue weighted by molar-refractivity contribution is 0.0610. The molecule has 2 aliphatic rings. The maximum Gasteiger partial charge on any atom is 0.133 e. The van der Waals surface area contributed by atoms with Gasteiger partial charge in [-0.1, -0.05) is 32.1 Å². The van der Waals surface area contributed by atoms with Gasteiger partial charge in [0.15, 0.2) is 0 Å². The third-order valence-electron chi connectivity index (χ3n) is 6.54. The molecule has 2 N–H and O–H groups in total. The first-order valence-electron chi connectivity index (χ1n) is 11.2. The minimum atomic E-state index is -0.839. The fourth-order valence-electron chi connectivity index (χ4n) is 4.72. The van der Waals surface area contributed by atoms with Gasteiger partial charge in [0.05, 0.1) is 3.57 Å². The second-order valence-corrected chi connectivity index (χ2v) is 9.70. The van der Waals surface area contributed by atoms with E-state index in [4.69, 9.17) is 0 Å². The molecule has 3 rings (SSSR count). The molecule has 160 valence electrons. The van der Waals surface area contributed by atoms with Gasteiger partial charge < -0.3 is 15.1 Å². The zero-order chi connectivity index (χ0) is 20.9. The molecule has 1 saturated heterocycles. The van der Waals surface area contributed by atoms with Gasteiger partial charge in [-0.3, -0.25) is 4.90 Å². The van der Waals surface area contributed by atoms with Crippen LogP contribution in [0.15, 0.2) is 12.1 Å².